The van der Waals surface area contributed by atoms with E-state index >= 15 is 0 Å². The highest BCUT2D eigenvalue weighted by molar-refractivity contribution is 5.98. The summed E-state index contributed by atoms with van der Waals surface area (Å²) in [5.41, 5.74) is 15.7. The van der Waals surface area contributed by atoms with Gasteiger partial charge < -0.3 is 54.0 Å². The molecule has 13 N–H and O–H groups in total. The molecule has 276 valence electrons. The first-order chi connectivity index (χ1) is 22.8. The molecule has 49 heavy (non-hydrogen) atoms. The van der Waals surface area contributed by atoms with Crippen LogP contribution in [0.25, 0.3) is 0 Å². The van der Waals surface area contributed by atoms with Gasteiger partial charge in [0.25, 0.3) is 0 Å². The molecule has 8 amide bonds. The number of carbonyl (C=O) groups is 8. The van der Waals surface area contributed by atoms with Crippen molar-refractivity contribution in [3.05, 3.63) is 0 Å². The summed E-state index contributed by atoms with van der Waals surface area (Å²) in [5.74, 6) is -6.48. The zero-order valence-corrected chi connectivity index (χ0v) is 28.9. The van der Waals surface area contributed by atoms with Crippen molar-refractivity contribution in [2.45, 2.75) is 103 Å². The number of nitrogens with one attached hydrogen (secondary N) is 7. The lowest BCUT2D eigenvalue weighted by Gasteiger charge is -2.31. The summed E-state index contributed by atoms with van der Waals surface area (Å²) in [6.45, 7) is 8.29. The van der Waals surface area contributed by atoms with Crippen molar-refractivity contribution < 1.29 is 38.4 Å². The Kier molecular flexibility index (Phi) is 17.5. The first kappa shape index (κ1) is 42.1. The van der Waals surface area contributed by atoms with Gasteiger partial charge >= 0.3 is 0 Å². The van der Waals surface area contributed by atoms with E-state index < -0.39 is 89.8 Å². The maximum absolute atomic E-state index is 13.7. The molecule has 0 aromatic heterocycles. The Bertz CT molecular complexity index is 1240. The second kappa shape index (κ2) is 20.4. The molecule has 0 saturated carbocycles. The van der Waals surface area contributed by atoms with Crippen LogP contribution in [0.1, 0.15) is 73.1 Å². The molecule has 0 aromatic carbocycles. The molecule has 1 aliphatic rings. The average Bonchev–Trinajstić information content (AvgIpc) is 3.48. The lowest BCUT2D eigenvalue weighted by molar-refractivity contribution is -0.142. The van der Waals surface area contributed by atoms with Crippen LogP contribution in [0.15, 0.2) is 0 Å². The highest BCUT2D eigenvalue weighted by Gasteiger charge is 2.39. The summed E-state index contributed by atoms with van der Waals surface area (Å²) in [5, 5.41) is 22.4. The van der Waals surface area contributed by atoms with Crippen molar-refractivity contribution in [3.63, 3.8) is 0 Å². The maximum atomic E-state index is 13.7. The van der Waals surface area contributed by atoms with Gasteiger partial charge in [0.1, 0.15) is 30.2 Å². The zero-order chi connectivity index (χ0) is 37.4. The molecule has 1 heterocycles. The number of hydrogen-bond acceptors (Lipinski definition) is 9. The molecular weight excluding hydrogens is 642 g/mol. The van der Waals surface area contributed by atoms with Gasteiger partial charge in [-0.2, -0.15) is 0 Å². The summed E-state index contributed by atoms with van der Waals surface area (Å²) in [4.78, 5) is 103. The first-order valence-corrected chi connectivity index (χ1v) is 16.2. The number of amides is 8. The standard InChI is InChI=1S/C30H53N11O8/c1-15(2)12-20(29(49)41-11-7-9-21(41)27(47)36-14-23(32)44)39-28(48)24(16(3)4)40-26(46)19(13-22(31)43)38-25(45)18(37-17(5)42)8-6-10-35-30(33)34/h15-16,18-21,24H,6-14H2,1-5H3,(H2,31,43)(H2,32,44)(H,36,47)(H,37,42)(H,38,45)(H,39,48)(H,40,46)(H4,33,34,35). The Balaban J connectivity index is 3.15. The molecule has 1 rings (SSSR count). The molecule has 1 aliphatic heterocycles. The molecule has 0 aliphatic carbocycles. The van der Waals surface area contributed by atoms with Crippen LogP contribution in [-0.2, 0) is 38.4 Å². The van der Waals surface area contributed by atoms with Gasteiger partial charge in [-0.05, 0) is 43.9 Å². The van der Waals surface area contributed by atoms with Gasteiger partial charge in [-0.15, -0.1) is 0 Å². The van der Waals surface area contributed by atoms with Gasteiger partial charge in [-0.3, -0.25) is 43.8 Å². The lowest BCUT2D eigenvalue weighted by Crippen LogP contribution is -2.60. The SMILES string of the molecule is CC(=O)NC(CCCNC(=N)N)C(=O)NC(CC(N)=O)C(=O)NC(C(=O)NC(CC(C)C)C(=O)N1CCCC1C(=O)NCC(N)=O)C(C)C. The van der Waals surface area contributed by atoms with Crippen LogP contribution in [0.4, 0.5) is 0 Å². The third kappa shape index (κ3) is 15.2. The smallest absolute Gasteiger partial charge is 0.245 e. The third-order valence-corrected chi connectivity index (χ3v) is 7.56. The zero-order valence-electron chi connectivity index (χ0n) is 28.9. The largest absolute Gasteiger partial charge is 0.370 e. The van der Waals surface area contributed by atoms with Crippen LogP contribution in [0.5, 0.6) is 0 Å². The fourth-order valence-corrected chi connectivity index (χ4v) is 5.26. The molecule has 0 spiro atoms. The Morgan fingerprint density at radius 3 is 1.94 bits per heavy atom. The molecule has 19 nitrogen and oxygen atoms in total. The number of nitrogens with zero attached hydrogens (tertiary/aromatic N) is 1. The van der Waals surface area contributed by atoms with E-state index in [1.54, 1.807) is 13.8 Å². The van der Waals surface area contributed by atoms with Crippen LogP contribution >= 0.6 is 0 Å². The Hall–Kier alpha value is -4.97. The first-order valence-electron chi connectivity index (χ1n) is 16.2. The number of hydrogen-bond donors (Lipinski definition) is 10. The third-order valence-electron chi connectivity index (χ3n) is 7.56. The second-order valence-electron chi connectivity index (χ2n) is 12.8. The second-order valence-corrected chi connectivity index (χ2v) is 12.8. The fraction of sp³-hybridized carbons (Fsp3) is 0.700. The normalized spacial score (nSPS) is 16.5. The minimum Gasteiger partial charge on any atom is -0.370 e. The van der Waals surface area contributed by atoms with Crippen molar-refractivity contribution in [2.24, 2.45) is 29.0 Å². The summed E-state index contributed by atoms with van der Waals surface area (Å²) < 4.78 is 0. The van der Waals surface area contributed by atoms with E-state index in [9.17, 15) is 38.4 Å². The molecule has 1 saturated heterocycles. The number of likely N-dealkylation sites (tertiary alicyclic amines) is 1. The van der Waals surface area contributed by atoms with Gasteiger partial charge in [0.05, 0.1) is 13.0 Å². The topological polar surface area (TPSA) is 314 Å². The van der Waals surface area contributed by atoms with E-state index in [2.05, 4.69) is 31.9 Å². The highest BCUT2D eigenvalue weighted by atomic mass is 16.2. The molecule has 19 heteroatoms. The van der Waals surface area contributed by atoms with Crippen LogP contribution in [0, 0.1) is 17.2 Å². The maximum Gasteiger partial charge on any atom is 0.245 e. The van der Waals surface area contributed by atoms with Gasteiger partial charge in [0.2, 0.25) is 47.3 Å². The van der Waals surface area contributed by atoms with Gasteiger partial charge in [-0.25, -0.2) is 0 Å². The van der Waals surface area contributed by atoms with E-state index in [0.29, 0.717) is 19.3 Å². The molecule has 0 radical (unpaired) electrons. The van der Waals surface area contributed by atoms with Gasteiger partial charge in [0.15, 0.2) is 5.96 Å². The molecule has 0 bridgehead atoms. The van der Waals surface area contributed by atoms with Gasteiger partial charge in [0, 0.05) is 20.0 Å². The number of guanidine groups is 1. The predicted molar refractivity (Wildman–Crippen MR) is 178 cm³/mol. The summed E-state index contributed by atoms with van der Waals surface area (Å²) in [6, 6.07) is -5.76. The Morgan fingerprint density at radius 2 is 1.41 bits per heavy atom. The van der Waals surface area contributed by atoms with E-state index in [0.717, 1.165) is 0 Å². The van der Waals surface area contributed by atoms with Crippen molar-refractivity contribution in [1.82, 2.24) is 36.8 Å². The fourth-order valence-electron chi connectivity index (χ4n) is 5.26. The van der Waals surface area contributed by atoms with Crippen LogP contribution in [-0.4, -0.2) is 108 Å². The quantitative estimate of drug-likeness (QED) is 0.0339. The number of nitrogens with two attached hydrogens (primary N) is 3. The number of carbonyl (C=O) groups excluding carboxylic acids is 8. The summed E-state index contributed by atoms with van der Waals surface area (Å²) in [7, 11) is 0. The van der Waals surface area contributed by atoms with Crippen molar-refractivity contribution in [2.75, 3.05) is 19.6 Å². The summed E-state index contributed by atoms with van der Waals surface area (Å²) in [6.07, 6.45) is 0.886. The van der Waals surface area contributed by atoms with E-state index in [1.807, 2.05) is 13.8 Å². The van der Waals surface area contributed by atoms with Crippen LogP contribution < -0.4 is 49.1 Å². The van der Waals surface area contributed by atoms with Crippen LogP contribution in [0.3, 0.4) is 0 Å². The lowest BCUT2D eigenvalue weighted by atomic mass is 9.98. The molecular formula is C30H53N11O8. The van der Waals surface area contributed by atoms with Gasteiger partial charge in [-0.1, -0.05) is 27.7 Å². The Morgan fingerprint density at radius 1 is 0.796 bits per heavy atom. The highest BCUT2D eigenvalue weighted by Crippen LogP contribution is 2.21. The van der Waals surface area contributed by atoms with E-state index in [1.165, 1.54) is 11.8 Å². The molecule has 5 unspecified atom stereocenters. The predicted octanol–water partition coefficient (Wildman–Crippen LogP) is -3.62. The van der Waals surface area contributed by atoms with E-state index in [-0.39, 0.29) is 44.4 Å². The van der Waals surface area contributed by atoms with E-state index in [4.69, 9.17) is 22.6 Å². The van der Waals surface area contributed by atoms with Crippen molar-refractivity contribution in [1.29, 1.82) is 5.41 Å². The molecule has 1 fully saturated rings. The number of primary amides is 2. The van der Waals surface area contributed by atoms with Crippen molar-refractivity contribution >= 4 is 53.2 Å². The molecule has 0 aromatic rings. The summed E-state index contributed by atoms with van der Waals surface area (Å²) >= 11 is 0. The number of rotatable bonds is 20. The minimum atomic E-state index is -1.51. The van der Waals surface area contributed by atoms with Crippen molar-refractivity contribution in [3.8, 4) is 0 Å². The Labute approximate surface area is 285 Å². The molecule has 5 atom stereocenters. The van der Waals surface area contributed by atoms with Crippen LogP contribution in [0.2, 0.25) is 0 Å². The minimum absolute atomic E-state index is 0.0592. The monoisotopic (exact) mass is 695 g/mol. The average molecular weight is 696 g/mol.